The van der Waals surface area contributed by atoms with Crippen LogP contribution in [0.15, 0.2) is 42.5 Å². The minimum Gasteiger partial charge on any atom is -0.477 e. The summed E-state index contributed by atoms with van der Waals surface area (Å²) in [6, 6.07) is 13.8. The van der Waals surface area contributed by atoms with E-state index < -0.39 is 11.8 Å². The summed E-state index contributed by atoms with van der Waals surface area (Å²) in [6.07, 6.45) is 6.43. The molecule has 0 bridgehead atoms. The molecule has 2 saturated carbocycles. The Morgan fingerprint density at radius 2 is 2.05 bits per heavy atom. The SMILES string of the molecule is N#Cc1ccc(COc2cccc(C3CCC4(CC3)CC4c3nc4[nH]c(C(=O)O)cc4n3CC3CCO3)n2)c(F)c1. The summed E-state index contributed by atoms with van der Waals surface area (Å²) in [4.78, 5) is 24.1. The minimum atomic E-state index is -0.985. The fourth-order valence-corrected chi connectivity index (χ4v) is 6.61. The number of carboxylic acid groups (broad SMARTS) is 1. The molecular formula is C31H30FN5O4. The highest BCUT2D eigenvalue weighted by Crippen LogP contribution is 2.67. The predicted octanol–water partition coefficient (Wildman–Crippen LogP) is 5.67. The van der Waals surface area contributed by atoms with Crippen molar-refractivity contribution in [3.05, 3.63) is 76.6 Å². The smallest absolute Gasteiger partial charge is 0.352 e. The molecule has 3 fully saturated rings. The van der Waals surface area contributed by atoms with Crippen molar-refractivity contribution in [1.29, 1.82) is 5.26 Å². The van der Waals surface area contributed by atoms with Gasteiger partial charge in [0.1, 0.15) is 23.9 Å². The van der Waals surface area contributed by atoms with Crippen LogP contribution < -0.4 is 4.74 Å². The Morgan fingerprint density at radius 3 is 2.76 bits per heavy atom. The first kappa shape index (κ1) is 25.7. The van der Waals surface area contributed by atoms with Crippen molar-refractivity contribution in [2.45, 2.75) is 69.6 Å². The van der Waals surface area contributed by atoms with Gasteiger partial charge in [-0.3, -0.25) is 0 Å². The van der Waals surface area contributed by atoms with Gasteiger partial charge < -0.3 is 24.1 Å². The van der Waals surface area contributed by atoms with E-state index in [1.54, 1.807) is 24.3 Å². The van der Waals surface area contributed by atoms with Crippen LogP contribution in [0.25, 0.3) is 11.2 Å². The molecule has 7 rings (SSSR count). The Kier molecular flexibility index (Phi) is 6.27. The number of pyridine rings is 1. The minimum absolute atomic E-state index is 0.0456. The Hall–Kier alpha value is -4.23. The van der Waals surface area contributed by atoms with Crippen LogP contribution in [0.1, 0.15) is 83.5 Å². The Balaban J connectivity index is 1.02. The third-order valence-corrected chi connectivity index (χ3v) is 9.18. The molecule has 2 atom stereocenters. The van der Waals surface area contributed by atoms with Crippen LogP contribution in [0.5, 0.6) is 5.88 Å². The van der Waals surface area contributed by atoms with Gasteiger partial charge in [-0.25, -0.2) is 19.2 Å². The largest absolute Gasteiger partial charge is 0.477 e. The number of aromatic nitrogens is 4. The number of fused-ring (bicyclic) bond motifs is 1. The number of hydrogen-bond acceptors (Lipinski definition) is 6. The maximum Gasteiger partial charge on any atom is 0.352 e. The highest BCUT2D eigenvalue weighted by Gasteiger charge is 2.57. The number of aromatic carboxylic acids is 1. The molecule has 1 spiro atoms. The first-order chi connectivity index (χ1) is 19.9. The number of benzene rings is 1. The van der Waals surface area contributed by atoms with Crippen LogP contribution >= 0.6 is 0 Å². The summed E-state index contributed by atoms with van der Waals surface area (Å²) in [5, 5.41) is 18.4. The molecule has 41 heavy (non-hydrogen) atoms. The molecule has 1 aliphatic heterocycles. The maximum atomic E-state index is 14.3. The van der Waals surface area contributed by atoms with E-state index in [1.165, 1.54) is 6.07 Å². The number of nitrogens with zero attached hydrogens (tertiary/aromatic N) is 4. The van der Waals surface area contributed by atoms with Gasteiger partial charge in [-0.05, 0) is 68.2 Å². The summed E-state index contributed by atoms with van der Waals surface area (Å²) >= 11 is 0. The number of rotatable bonds is 8. The van der Waals surface area contributed by atoms with Gasteiger partial charge in [-0.15, -0.1) is 0 Å². The van der Waals surface area contributed by atoms with Gasteiger partial charge in [-0.2, -0.15) is 5.26 Å². The Bertz CT molecular complexity index is 1680. The van der Waals surface area contributed by atoms with Crippen LogP contribution in [0.3, 0.4) is 0 Å². The summed E-state index contributed by atoms with van der Waals surface area (Å²) in [6.45, 7) is 1.51. The second kappa shape index (κ2) is 10.00. The molecule has 2 aliphatic carbocycles. The number of ether oxygens (including phenoxy) is 2. The van der Waals surface area contributed by atoms with Crippen molar-refractivity contribution < 1.29 is 23.8 Å². The number of aromatic amines is 1. The molecule has 1 aromatic carbocycles. The number of imidazole rings is 1. The molecule has 2 unspecified atom stereocenters. The van der Waals surface area contributed by atoms with Crippen LogP contribution in [0, 0.1) is 22.6 Å². The van der Waals surface area contributed by atoms with Crippen LogP contribution in [0.2, 0.25) is 0 Å². The molecule has 0 amide bonds. The molecule has 9 nitrogen and oxygen atoms in total. The monoisotopic (exact) mass is 555 g/mol. The first-order valence-corrected chi connectivity index (χ1v) is 14.1. The lowest BCUT2D eigenvalue weighted by Crippen LogP contribution is -2.31. The summed E-state index contributed by atoms with van der Waals surface area (Å²) in [5.74, 6) is 0.738. The van der Waals surface area contributed by atoms with Crippen molar-refractivity contribution in [3.63, 3.8) is 0 Å². The van der Waals surface area contributed by atoms with E-state index in [0.29, 0.717) is 35.5 Å². The van der Waals surface area contributed by atoms with Gasteiger partial charge in [0.15, 0.2) is 5.65 Å². The molecule has 210 valence electrons. The van der Waals surface area contributed by atoms with Gasteiger partial charge in [0.25, 0.3) is 0 Å². The summed E-state index contributed by atoms with van der Waals surface area (Å²) in [5.41, 5.74) is 3.50. The van der Waals surface area contributed by atoms with E-state index in [2.05, 4.69) is 9.55 Å². The lowest BCUT2D eigenvalue weighted by Gasteiger charge is -2.30. The van der Waals surface area contributed by atoms with Gasteiger partial charge in [0.05, 0.1) is 29.8 Å². The van der Waals surface area contributed by atoms with E-state index >= 15 is 0 Å². The molecule has 4 heterocycles. The molecule has 4 aromatic rings. The zero-order chi connectivity index (χ0) is 28.1. The van der Waals surface area contributed by atoms with Crippen molar-refractivity contribution in [1.82, 2.24) is 19.5 Å². The number of carboxylic acids is 1. The fourth-order valence-electron chi connectivity index (χ4n) is 6.61. The fraction of sp³-hybridized carbons (Fsp3) is 0.419. The Morgan fingerprint density at radius 1 is 1.22 bits per heavy atom. The number of H-pyrrole nitrogens is 1. The molecule has 3 aliphatic rings. The topological polar surface area (TPSA) is 126 Å². The van der Waals surface area contributed by atoms with Gasteiger partial charge >= 0.3 is 5.97 Å². The van der Waals surface area contributed by atoms with Crippen LogP contribution in [0.4, 0.5) is 4.39 Å². The zero-order valence-corrected chi connectivity index (χ0v) is 22.5. The molecule has 10 heteroatoms. The standard InChI is InChI=1S/C31H30FN5O4/c32-23-12-18(15-33)4-5-20(23)17-41-27-3-1-2-24(34-27)19-6-9-31(10-7-19)14-22(31)29-36-28-26(13-25(35-28)30(38)39)37(29)16-21-8-11-40-21/h1-5,12-13,19,21-22,35H,6-11,14,16-17H2,(H,38,39). The molecule has 1 saturated heterocycles. The third-order valence-electron chi connectivity index (χ3n) is 9.18. The summed E-state index contributed by atoms with van der Waals surface area (Å²) < 4.78 is 28.0. The second-order valence-corrected chi connectivity index (χ2v) is 11.6. The first-order valence-electron chi connectivity index (χ1n) is 14.1. The predicted molar refractivity (Wildman–Crippen MR) is 146 cm³/mol. The Labute approximate surface area is 235 Å². The quantitative estimate of drug-likeness (QED) is 0.287. The van der Waals surface area contributed by atoms with Crippen molar-refractivity contribution in [3.8, 4) is 11.9 Å². The van der Waals surface area contributed by atoms with E-state index in [0.717, 1.165) is 62.2 Å². The van der Waals surface area contributed by atoms with Gasteiger partial charge in [0, 0.05) is 35.8 Å². The average Bonchev–Trinajstić information content (AvgIpc) is 3.30. The second-order valence-electron chi connectivity index (χ2n) is 11.6. The third kappa shape index (κ3) is 4.74. The summed E-state index contributed by atoms with van der Waals surface area (Å²) in [7, 11) is 0. The molecule has 2 N–H and O–H groups in total. The van der Waals surface area contributed by atoms with E-state index in [9.17, 15) is 14.3 Å². The lowest BCUT2D eigenvalue weighted by atomic mass is 9.77. The number of nitrogens with one attached hydrogen (secondary N) is 1. The highest BCUT2D eigenvalue weighted by atomic mass is 19.1. The van der Waals surface area contributed by atoms with Gasteiger partial charge in [-0.1, -0.05) is 12.1 Å². The average molecular weight is 556 g/mol. The van der Waals surface area contributed by atoms with Crippen molar-refractivity contribution in [2.24, 2.45) is 5.41 Å². The van der Waals surface area contributed by atoms with Crippen molar-refractivity contribution >= 4 is 17.1 Å². The van der Waals surface area contributed by atoms with E-state index in [4.69, 9.17) is 24.7 Å². The number of halogens is 1. The van der Waals surface area contributed by atoms with E-state index in [1.807, 2.05) is 18.2 Å². The number of nitriles is 1. The highest BCUT2D eigenvalue weighted by molar-refractivity contribution is 5.91. The normalized spacial score (nSPS) is 25.1. The van der Waals surface area contributed by atoms with E-state index in [-0.39, 0.29) is 29.4 Å². The molecular weight excluding hydrogens is 525 g/mol. The van der Waals surface area contributed by atoms with Crippen LogP contribution in [-0.2, 0) is 17.9 Å². The maximum absolute atomic E-state index is 14.3. The number of carbonyl (C=O) groups is 1. The lowest BCUT2D eigenvalue weighted by molar-refractivity contribution is -0.0590. The molecule has 0 radical (unpaired) electrons. The van der Waals surface area contributed by atoms with Crippen LogP contribution in [-0.4, -0.2) is 43.3 Å². The number of hydrogen-bond donors (Lipinski definition) is 2. The van der Waals surface area contributed by atoms with Crippen molar-refractivity contribution in [2.75, 3.05) is 6.61 Å². The molecule has 3 aromatic heterocycles. The zero-order valence-electron chi connectivity index (χ0n) is 22.5. The van der Waals surface area contributed by atoms with Gasteiger partial charge in [0.2, 0.25) is 5.88 Å².